The van der Waals surface area contributed by atoms with Crippen molar-refractivity contribution < 1.29 is 22.4 Å². The van der Waals surface area contributed by atoms with E-state index in [-0.39, 0.29) is 48.6 Å². The highest BCUT2D eigenvalue weighted by Gasteiger charge is 2.36. The van der Waals surface area contributed by atoms with Crippen LogP contribution in [0.5, 0.6) is 0 Å². The van der Waals surface area contributed by atoms with Gasteiger partial charge in [0.2, 0.25) is 0 Å². The molecule has 1 aliphatic rings. The summed E-state index contributed by atoms with van der Waals surface area (Å²) in [7, 11) is -3.33. The minimum absolute atomic E-state index is 0.0743. The molecule has 10 nitrogen and oxygen atoms in total. The molecule has 1 unspecified atom stereocenters. The summed E-state index contributed by atoms with van der Waals surface area (Å²) in [5, 5.41) is 8.28. The number of carbonyl (C=O) groups is 2. The van der Waals surface area contributed by atoms with Crippen molar-refractivity contribution in [3.63, 3.8) is 0 Å². The van der Waals surface area contributed by atoms with Gasteiger partial charge < -0.3 is 15.5 Å². The molecule has 0 aliphatic carbocycles. The van der Waals surface area contributed by atoms with E-state index in [1.54, 1.807) is 24.3 Å². The number of pyridine rings is 1. The van der Waals surface area contributed by atoms with Crippen LogP contribution in [0.1, 0.15) is 9.67 Å². The summed E-state index contributed by atoms with van der Waals surface area (Å²) >= 11 is 7.03. The number of nitrogens with one attached hydrogen (secondary N) is 3. The van der Waals surface area contributed by atoms with E-state index in [9.17, 15) is 27.2 Å². The Bertz CT molecular complexity index is 1510. The topological polar surface area (TPSA) is 130 Å². The van der Waals surface area contributed by atoms with Gasteiger partial charge in [0.1, 0.15) is 5.82 Å². The van der Waals surface area contributed by atoms with Crippen molar-refractivity contribution in [3.8, 4) is 5.69 Å². The lowest BCUT2D eigenvalue weighted by atomic mass is 10.0. The molecule has 3 N–H and O–H groups in total. The van der Waals surface area contributed by atoms with Crippen LogP contribution in [0.3, 0.4) is 0 Å². The molecule has 38 heavy (non-hydrogen) atoms. The molecule has 3 amide bonds. The molecule has 0 radical (unpaired) electrons. The number of amides is 3. The van der Waals surface area contributed by atoms with Crippen LogP contribution in [0.15, 0.2) is 59.5 Å². The molecule has 0 bridgehead atoms. The van der Waals surface area contributed by atoms with Gasteiger partial charge in [0, 0.05) is 56.2 Å². The number of anilines is 1. The monoisotopic (exact) mass is 581 g/mol. The highest BCUT2D eigenvalue weighted by atomic mass is 35.5. The first-order valence-corrected chi connectivity index (χ1v) is 14.7. The Hall–Kier alpha value is -3.26. The van der Waals surface area contributed by atoms with E-state index >= 15 is 0 Å². The summed E-state index contributed by atoms with van der Waals surface area (Å²) < 4.78 is 39.9. The standard InChI is InChI=1S/C24H25ClFN5O5S2/c1-38(35,36)14-28-19-13-30(12-15(19)11-27-23(33)20-7-8-21(25)37-20)24(34)29-18-6-5-16(10-17(18)26)31-9-3-2-4-22(31)32/h2-10,15,19,28H,11-14H2,1H3,(H,27,33)(H,29,34)/t15-,19?/m1/s1. The predicted octanol–water partition coefficient (Wildman–Crippen LogP) is 2.55. The van der Waals surface area contributed by atoms with Gasteiger partial charge in [-0.05, 0) is 30.3 Å². The first kappa shape index (κ1) is 27.8. The molecule has 3 heterocycles. The quantitative estimate of drug-likeness (QED) is 0.375. The fourth-order valence-corrected chi connectivity index (χ4v) is 5.55. The first-order chi connectivity index (χ1) is 18.0. The van der Waals surface area contributed by atoms with E-state index in [0.29, 0.717) is 14.9 Å². The van der Waals surface area contributed by atoms with Crippen molar-refractivity contribution in [2.45, 2.75) is 6.04 Å². The number of aromatic nitrogens is 1. The molecule has 14 heteroatoms. The fourth-order valence-electron chi connectivity index (χ4n) is 4.07. The third-order valence-electron chi connectivity index (χ3n) is 5.95. The van der Waals surface area contributed by atoms with Crippen molar-refractivity contribution in [2.75, 3.05) is 37.1 Å². The van der Waals surface area contributed by atoms with E-state index < -0.39 is 27.7 Å². The number of likely N-dealkylation sites (tertiary alicyclic amines) is 1. The first-order valence-electron chi connectivity index (χ1n) is 11.5. The second kappa shape index (κ2) is 11.6. The highest BCUT2D eigenvalue weighted by molar-refractivity contribution is 7.90. The molecule has 1 aromatic carbocycles. The van der Waals surface area contributed by atoms with E-state index in [4.69, 9.17) is 11.6 Å². The summed E-state index contributed by atoms with van der Waals surface area (Å²) in [4.78, 5) is 39.3. The Morgan fingerprint density at radius 3 is 2.61 bits per heavy atom. The molecule has 1 aliphatic heterocycles. The van der Waals surface area contributed by atoms with E-state index in [2.05, 4.69) is 16.0 Å². The number of benzene rings is 1. The van der Waals surface area contributed by atoms with Gasteiger partial charge in [0.05, 0.1) is 26.5 Å². The second-order valence-electron chi connectivity index (χ2n) is 8.86. The van der Waals surface area contributed by atoms with E-state index in [1.165, 1.54) is 33.9 Å². The second-order valence-corrected chi connectivity index (χ2v) is 12.7. The number of thiophene rings is 1. The highest BCUT2D eigenvalue weighted by Crippen LogP contribution is 2.23. The van der Waals surface area contributed by atoms with Crippen LogP contribution in [-0.4, -0.2) is 67.6 Å². The Kier molecular flexibility index (Phi) is 8.51. The molecule has 0 saturated carbocycles. The minimum Gasteiger partial charge on any atom is -0.351 e. The van der Waals surface area contributed by atoms with Crippen LogP contribution in [0.2, 0.25) is 4.34 Å². The van der Waals surface area contributed by atoms with Gasteiger partial charge in [-0.2, -0.15) is 0 Å². The molecule has 202 valence electrons. The number of sulfone groups is 1. The Balaban J connectivity index is 1.43. The van der Waals surface area contributed by atoms with Crippen LogP contribution in [0.4, 0.5) is 14.9 Å². The lowest BCUT2D eigenvalue weighted by Crippen LogP contribution is -2.43. The summed E-state index contributed by atoms with van der Waals surface area (Å²) in [5.74, 6) is -1.66. The molecule has 4 rings (SSSR count). The molecule has 3 aromatic rings. The van der Waals surface area contributed by atoms with Crippen LogP contribution in [-0.2, 0) is 9.84 Å². The van der Waals surface area contributed by atoms with Gasteiger partial charge in [-0.25, -0.2) is 17.6 Å². The Labute approximate surface area is 227 Å². The lowest BCUT2D eigenvalue weighted by Gasteiger charge is -2.19. The number of halogens is 2. The zero-order chi connectivity index (χ0) is 27.4. The zero-order valence-corrected chi connectivity index (χ0v) is 22.6. The Morgan fingerprint density at radius 2 is 1.95 bits per heavy atom. The normalized spacial score (nSPS) is 17.4. The summed E-state index contributed by atoms with van der Waals surface area (Å²) in [5.41, 5.74) is -0.0939. The largest absolute Gasteiger partial charge is 0.351 e. The van der Waals surface area contributed by atoms with Crippen molar-refractivity contribution in [1.29, 1.82) is 0 Å². The smallest absolute Gasteiger partial charge is 0.321 e. The van der Waals surface area contributed by atoms with Gasteiger partial charge in [0.25, 0.3) is 11.5 Å². The Morgan fingerprint density at radius 1 is 1.16 bits per heavy atom. The predicted molar refractivity (Wildman–Crippen MR) is 144 cm³/mol. The van der Waals surface area contributed by atoms with Gasteiger partial charge in [-0.15, -0.1) is 11.3 Å². The number of urea groups is 1. The average Bonchev–Trinajstić information content (AvgIpc) is 3.48. The maximum absolute atomic E-state index is 14.8. The zero-order valence-electron chi connectivity index (χ0n) is 20.2. The lowest BCUT2D eigenvalue weighted by molar-refractivity contribution is 0.0950. The molecule has 2 atom stereocenters. The number of nitrogens with zero attached hydrogens (tertiary/aromatic N) is 2. The number of hydrogen-bond acceptors (Lipinski definition) is 7. The summed E-state index contributed by atoms with van der Waals surface area (Å²) in [6.45, 7) is 0.512. The van der Waals surface area contributed by atoms with Gasteiger partial charge in [-0.3, -0.25) is 19.5 Å². The van der Waals surface area contributed by atoms with E-state index in [0.717, 1.165) is 23.7 Å². The maximum atomic E-state index is 14.8. The molecule has 0 spiro atoms. The maximum Gasteiger partial charge on any atom is 0.321 e. The minimum atomic E-state index is -3.33. The van der Waals surface area contributed by atoms with Gasteiger partial charge in [-0.1, -0.05) is 17.7 Å². The van der Waals surface area contributed by atoms with Crippen molar-refractivity contribution in [1.82, 2.24) is 20.1 Å². The number of rotatable bonds is 8. The van der Waals surface area contributed by atoms with Crippen LogP contribution < -0.4 is 21.5 Å². The number of hydrogen-bond donors (Lipinski definition) is 3. The molecule has 1 saturated heterocycles. The van der Waals surface area contributed by atoms with Gasteiger partial charge >= 0.3 is 6.03 Å². The van der Waals surface area contributed by atoms with Crippen molar-refractivity contribution in [3.05, 3.63) is 80.1 Å². The molecule has 1 fully saturated rings. The van der Waals surface area contributed by atoms with Crippen molar-refractivity contribution >= 4 is 50.4 Å². The summed E-state index contributed by atoms with van der Waals surface area (Å²) in [6, 6.07) is 10.8. The fraction of sp³-hybridized carbons (Fsp3) is 0.292. The van der Waals surface area contributed by atoms with E-state index in [1.807, 2.05) is 0 Å². The molecular formula is C24H25ClFN5O5S2. The van der Waals surface area contributed by atoms with Crippen LogP contribution in [0.25, 0.3) is 5.69 Å². The third-order valence-corrected chi connectivity index (χ3v) is 7.87. The van der Waals surface area contributed by atoms with Crippen LogP contribution in [0, 0.1) is 11.7 Å². The number of carbonyl (C=O) groups excluding carboxylic acids is 2. The average molecular weight is 582 g/mol. The SMILES string of the molecule is CS(=O)(=O)CNC1CN(C(=O)Nc2ccc(-n3ccccc3=O)cc2F)C[C@H]1CNC(=O)c1ccc(Cl)s1. The third kappa shape index (κ3) is 6.98. The van der Waals surface area contributed by atoms with Crippen LogP contribution >= 0.6 is 22.9 Å². The molecular weight excluding hydrogens is 557 g/mol. The van der Waals surface area contributed by atoms with Gasteiger partial charge in [0.15, 0.2) is 9.84 Å². The molecule has 2 aromatic heterocycles. The van der Waals surface area contributed by atoms with Crippen molar-refractivity contribution in [2.24, 2.45) is 5.92 Å². The summed E-state index contributed by atoms with van der Waals surface area (Å²) in [6.07, 6.45) is 2.60.